The molecule has 2 rings (SSSR count). The number of hydrogen-bond donors (Lipinski definition) is 1. The third-order valence-corrected chi connectivity index (χ3v) is 5.66. The number of hydrogen-bond acceptors (Lipinski definition) is 4. The van der Waals surface area contributed by atoms with Gasteiger partial charge in [0.2, 0.25) is 10.0 Å². The van der Waals surface area contributed by atoms with Gasteiger partial charge in [0.15, 0.2) is 0 Å². The molecule has 0 aromatic heterocycles. The van der Waals surface area contributed by atoms with Crippen LogP contribution in [0.25, 0.3) is 0 Å². The maximum atomic E-state index is 13.6. The molecule has 1 aliphatic heterocycles. The number of alkyl halides is 2. The number of benzene rings is 1. The van der Waals surface area contributed by atoms with Crippen molar-refractivity contribution in [1.29, 1.82) is 0 Å². The van der Waals surface area contributed by atoms with Crippen LogP contribution in [0.4, 0.5) is 8.78 Å². The summed E-state index contributed by atoms with van der Waals surface area (Å²) in [4.78, 5) is 10.8. The van der Waals surface area contributed by atoms with Crippen LogP contribution in [0.2, 0.25) is 0 Å². The van der Waals surface area contributed by atoms with Gasteiger partial charge in [-0.2, -0.15) is 4.31 Å². The number of aliphatic carboxylic acids is 1. The Hall–Kier alpha value is -1.58. The number of carboxylic acid groups (broad SMARTS) is 1. The molecule has 1 heterocycles. The molecule has 23 heavy (non-hydrogen) atoms. The number of rotatable bonds is 6. The largest absolute Gasteiger partial charge is 0.481 e. The molecule has 1 aromatic rings. The number of halogens is 2. The van der Waals surface area contributed by atoms with Gasteiger partial charge >= 0.3 is 5.97 Å². The SMILES string of the molecule is COCC1(C(=O)O)CN(S(=O)(=O)c2ccccc2C(C)(F)F)C1. The van der Waals surface area contributed by atoms with Gasteiger partial charge in [0, 0.05) is 32.7 Å². The van der Waals surface area contributed by atoms with E-state index in [-0.39, 0.29) is 19.7 Å². The molecule has 9 heteroatoms. The summed E-state index contributed by atoms with van der Waals surface area (Å²) in [7, 11) is -2.89. The summed E-state index contributed by atoms with van der Waals surface area (Å²) in [5.41, 5.74) is -1.95. The summed E-state index contributed by atoms with van der Waals surface area (Å²) < 4.78 is 58.1. The van der Waals surface area contributed by atoms with E-state index in [0.717, 1.165) is 16.4 Å². The average Bonchev–Trinajstić information content (AvgIpc) is 2.40. The minimum atomic E-state index is -4.20. The van der Waals surface area contributed by atoms with E-state index in [2.05, 4.69) is 0 Å². The Morgan fingerprint density at radius 1 is 1.39 bits per heavy atom. The van der Waals surface area contributed by atoms with Crippen molar-refractivity contribution in [2.75, 3.05) is 26.8 Å². The lowest BCUT2D eigenvalue weighted by Gasteiger charge is -2.45. The summed E-state index contributed by atoms with van der Waals surface area (Å²) in [5.74, 6) is -4.51. The zero-order valence-corrected chi connectivity index (χ0v) is 13.4. The Kier molecular flexibility index (Phi) is 4.49. The molecule has 0 saturated carbocycles. The minimum Gasteiger partial charge on any atom is -0.481 e. The van der Waals surface area contributed by atoms with Gasteiger partial charge in [0.25, 0.3) is 5.92 Å². The monoisotopic (exact) mass is 349 g/mol. The molecule has 128 valence electrons. The Morgan fingerprint density at radius 2 is 1.96 bits per heavy atom. The van der Waals surface area contributed by atoms with E-state index in [1.54, 1.807) is 0 Å². The fourth-order valence-electron chi connectivity index (χ4n) is 2.56. The van der Waals surface area contributed by atoms with Gasteiger partial charge in [0.05, 0.1) is 11.5 Å². The number of nitrogens with zero attached hydrogens (tertiary/aromatic N) is 1. The van der Waals surface area contributed by atoms with Gasteiger partial charge in [-0.15, -0.1) is 0 Å². The third kappa shape index (κ3) is 3.08. The highest BCUT2D eigenvalue weighted by Gasteiger charge is 2.54. The molecule has 0 aliphatic carbocycles. The van der Waals surface area contributed by atoms with Crippen LogP contribution in [0.1, 0.15) is 12.5 Å². The van der Waals surface area contributed by atoms with E-state index in [9.17, 15) is 27.1 Å². The summed E-state index contributed by atoms with van der Waals surface area (Å²) in [6.45, 7) is -0.173. The van der Waals surface area contributed by atoms with Crippen molar-refractivity contribution in [3.8, 4) is 0 Å². The zero-order chi connectivity index (χ0) is 17.5. The molecule has 1 saturated heterocycles. The molecule has 1 fully saturated rings. The van der Waals surface area contributed by atoms with Gasteiger partial charge in [-0.3, -0.25) is 4.79 Å². The molecule has 1 aromatic carbocycles. The first-order chi connectivity index (χ1) is 10.5. The van der Waals surface area contributed by atoms with Gasteiger partial charge in [-0.05, 0) is 6.07 Å². The molecule has 0 bridgehead atoms. The first kappa shape index (κ1) is 17.8. The van der Waals surface area contributed by atoms with E-state index < -0.39 is 37.8 Å². The molecule has 0 amide bonds. The molecule has 0 radical (unpaired) electrons. The number of methoxy groups -OCH3 is 1. The van der Waals surface area contributed by atoms with Crippen LogP contribution in [-0.4, -0.2) is 50.6 Å². The first-order valence-corrected chi connectivity index (χ1v) is 8.18. The lowest BCUT2D eigenvalue weighted by Crippen LogP contribution is -2.64. The quantitative estimate of drug-likeness (QED) is 0.842. The maximum Gasteiger partial charge on any atom is 0.314 e. The highest BCUT2D eigenvalue weighted by molar-refractivity contribution is 7.89. The summed E-state index contributed by atoms with van der Waals surface area (Å²) >= 11 is 0. The van der Waals surface area contributed by atoms with Crippen molar-refractivity contribution in [2.45, 2.75) is 17.7 Å². The fourth-order valence-corrected chi connectivity index (χ4v) is 4.44. The number of ether oxygens (including phenoxy) is 1. The number of sulfonamides is 1. The van der Waals surface area contributed by atoms with E-state index in [0.29, 0.717) is 6.92 Å². The van der Waals surface area contributed by atoms with Crippen LogP contribution < -0.4 is 0 Å². The smallest absolute Gasteiger partial charge is 0.314 e. The van der Waals surface area contributed by atoms with Crippen LogP contribution in [0.15, 0.2) is 29.2 Å². The molecule has 6 nitrogen and oxygen atoms in total. The molecular formula is C14H17F2NO5S. The molecular weight excluding hydrogens is 332 g/mol. The van der Waals surface area contributed by atoms with E-state index >= 15 is 0 Å². The zero-order valence-electron chi connectivity index (χ0n) is 12.6. The standard InChI is InChI=1S/C14H17F2NO5S/c1-13(15,16)10-5-3-4-6-11(10)23(20,21)17-7-14(8-17,9-22-2)12(18)19/h3-6H,7-9H2,1-2H3,(H,18,19). The Bertz CT molecular complexity index is 708. The Balaban J connectivity index is 2.35. The molecule has 0 spiro atoms. The van der Waals surface area contributed by atoms with E-state index in [1.807, 2.05) is 0 Å². The molecule has 1 N–H and O–H groups in total. The normalized spacial score (nSPS) is 18.4. The van der Waals surface area contributed by atoms with Gasteiger partial charge in [0.1, 0.15) is 5.41 Å². The van der Waals surface area contributed by atoms with Crippen molar-refractivity contribution in [1.82, 2.24) is 4.31 Å². The van der Waals surface area contributed by atoms with Crippen molar-refractivity contribution in [3.63, 3.8) is 0 Å². The fraction of sp³-hybridized carbons (Fsp3) is 0.500. The van der Waals surface area contributed by atoms with Gasteiger partial charge < -0.3 is 9.84 Å². The van der Waals surface area contributed by atoms with Crippen LogP contribution >= 0.6 is 0 Å². The minimum absolute atomic E-state index is 0.153. The van der Waals surface area contributed by atoms with Crippen molar-refractivity contribution >= 4 is 16.0 Å². The lowest BCUT2D eigenvalue weighted by atomic mass is 9.83. The summed E-state index contributed by atoms with van der Waals surface area (Å²) in [5, 5.41) is 9.23. The van der Waals surface area contributed by atoms with Crippen LogP contribution in [0, 0.1) is 5.41 Å². The third-order valence-electron chi connectivity index (χ3n) is 3.81. The molecule has 0 unspecified atom stereocenters. The van der Waals surface area contributed by atoms with Crippen molar-refractivity contribution in [3.05, 3.63) is 29.8 Å². The average molecular weight is 349 g/mol. The van der Waals surface area contributed by atoms with Crippen LogP contribution in [0.5, 0.6) is 0 Å². The first-order valence-electron chi connectivity index (χ1n) is 6.74. The summed E-state index contributed by atoms with van der Waals surface area (Å²) in [6.07, 6.45) is 0. The lowest BCUT2D eigenvalue weighted by molar-refractivity contribution is -0.161. The van der Waals surface area contributed by atoms with Crippen LogP contribution in [-0.2, 0) is 25.5 Å². The van der Waals surface area contributed by atoms with Crippen molar-refractivity contribution < 1.29 is 31.8 Å². The maximum absolute atomic E-state index is 13.6. The Labute approximate surface area is 132 Å². The molecule has 0 atom stereocenters. The second kappa shape index (κ2) is 5.81. The van der Waals surface area contributed by atoms with E-state index in [4.69, 9.17) is 4.74 Å². The Morgan fingerprint density at radius 3 is 2.43 bits per heavy atom. The topological polar surface area (TPSA) is 83.9 Å². The molecule has 1 aliphatic rings. The number of carboxylic acids is 1. The second-order valence-corrected chi connectivity index (χ2v) is 7.58. The predicted octanol–water partition coefficient (Wildman–Crippen LogP) is 1.52. The van der Waals surface area contributed by atoms with Crippen molar-refractivity contribution in [2.24, 2.45) is 5.41 Å². The predicted molar refractivity (Wildman–Crippen MR) is 76.7 cm³/mol. The van der Waals surface area contributed by atoms with Gasteiger partial charge in [-0.25, -0.2) is 17.2 Å². The second-order valence-electron chi connectivity index (χ2n) is 5.68. The number of carbonyl (C=O) groups is 1. The highest BCUT2D eigenvalue weighted by Crippen LogP contribution is 2.39. The summed E-state index contributed by atoms with van der Waals surface area (Å²) in [6, 6.07) is 4.82. The van der Waals surface area contributed by atoms with E-state index in [1.165, 1.54) is 19.2 Å². The van der Waals surface area contributed by atoms with Gasteiger partial charge in [-0.1, -0.05) is 18.2 Å². The van der Waals surface area contributed by atoms with Crippen LogP contribution in [0.3, 0.4) is 0 Å². The highest BCUT2D eigenvalue weighted by atomic mass is 32.2.